The Morgan fingerprint density at radius 1 is 0.697 bits per heavy atom. The Morgan fingerprint density at radius 2 is 1.18 bits per heavy atom. The number of benzene rings is 3. The van der Waals surface area contributed by atoms with Crippen molar-refractivity contribution < 1.29 is 9.18 Å². The molecule has 0 aliphatic heterocycles. The highest BCUT2D eigenvalue weighted by Crippen LogP contribution is 2.19. The fourth-order valence-electron chi connectivity index (χ4n) is 2.90. The topological polar surface area (TPSA) is 104 Å². The minimum absolute atomic E-state index is 0.212. The van der Waals surface area contributed by atoms with Crippen LogP contribution in [0.3, 0.4) is 0 Å². The summed E-state index contributed by atoms with van der Waals surface area (Å²) in [5.41, 5.74) is 2.10. The zero-order valence-corrected chi connectivity index (χ0v) is 17.8. The second-order valence-electron chi connectivity index (χ2n) is 7.15. The van der Waals surface area contributed by atoms with Gasteiger partial charge < -0.3 is 21.3 Å². The van der Waals surface area contributed by atoms with Gasteiger partial charge in [0.25, 0.3) is 0 Å². The van der Waals surface area contributed by atoms with E-state index in [2.05, 4.69) is 36.2 Å². The first-order valence-electron chi connectivity index (χ1n) is 10.3. The number of carbonyl (C=O) groups is 1. The van der Waals surface area contributed by atoms with Crippen molar-refractivity contribution in [2.24, 2.45) is 0 Å². The minimum Gasteiger partial charge on any atom is -0.342 e. The number of aromatic nitrogens is 3. The van der Waals surface area contributed by atoms with Crippen LogP contribution in [-0.2, 0) is 4.79 Å². The van der Waals surface area contributed by atoms with Gasteiger partial charge in [0.05, 0.1) is 0 Å². The lowest BCUT2D eigenvalue weighted by Crippen LogP contribution is -2.32. The van der Waals surface area contributed by atoms with Crippen LogP contribution < -0.4 is 21.3 Å². The lowest BCUT2D eigenvalue weighted by atomic mass is 10.2. The standard InChI is InChI=1S/C24H22FN7O/c1-16(21(33)27-20-14-12-17(25)13-15-20)26-22-30-23(28-18-8-4-2-5-9-18)32-24(31-22)29-19-10-6-3-7-11-19/h2-16H,1H3,(H,27,33)(H3,26,28,29,30,31,32). The van der Waals surface area contributed by atoms with Crippen molar-refractivity contribution in [2.75, 3.05) is 21.3 Å². The second-order valence-corrected chi connectivity index (χ2v) is 7.15. The molecule has 4 N–H and O–H groups in total. The highest BCUT2D eigenvalue weighted by Gasteiger charge is 2.16. The predicted octanol–water partition coefficient (Wildman–Crippen LogP) is 4.94. The second kappa shape index (κ2) is 10.2. The van der Waals surface area contributed by atoms with Gasteiger partial charge in [-0.25, -0.2) is 4.39 Å². The summed E-state index contributed by atoms with van der Waals surface area (Å²) in [7, 11) is 0. The molecule has 1 heterocycles. The molecule has 1 amide bonds. The molecule has 0 saturated heterocycles. The van der Waals surface area contributed by atoms with Crippen molar-refractivity contribution in [1.82, 2.24) is 15.0 Å². The summed E-state index contributed by atoms with van der Waals surface area (Å²) in [5.74, 6) is 0.133. The van der Waals surface area contributed by atoms with E-state index in [0.717, 1.165) is 11.4 Å². The van der Waals surface area contributed by atoms with Gasteiger partial charge in [-0.05, 0) is 55.5 Å². The summed E-state index contributed by atoms with van der Waals surface area (Å²) in [6.07, 6.45) is 0. The summed E-state index contributed by atoms with van der Waals surface area (Å²) in [5, 5.41) is 12.0. The molecule has 1 aromatic heterocycles. The molecule has 9 heteroatoms. The van der Waals surface area contributed by atoms with Gasteiger partial charge in [0.1, 0.15) is 11.9 Å². The third kappa shape index (κ3) is 6.23. The van der Waals surface area contributed by atoms with E-state index < -0.39 is 6.04 Å². The van der Waals surface area contributed by atoms with E-state index in [1.807, 2.05) is 60.7 Å². The van der Waals surface area contributed by atoms with Gasteiger partial charge in [0.15, 0.2) is 0 Å². The number of para-hydroxylation sites is 2. The smallest absolute Gasteiger partial charge is 0.246 e. The zero-order valence-electron chi connectivity index (χ0n) is 17.8. The average molecular weight is 443 g/mol. The third-order valence-corrected chi connectivity index (χ3v) is 4.55. The summed E-state index contributed by atoms with van der Waals surface area (Å²) in [6, 6.07) is 23.8. The number of rotatable bonds is 8. The summed E-state index contributed by atoms with van der Waals surface area (Å²) in [6.45, 7) is 1.68. The van der Waals surface area contributed by atoms with Gasteiger partial charge in [-0.1, -0.05) is 36.4 Å². The number of nitrogens with zero attached hydrogens (tertiary/aromatic N) is 3. The largest absolute Gasteiger partial charge is 0.342 e. The van der Waals surface area contributed by atoms with Gasteiger partial charge in [0, 0.05) is 17.1 Å². The van der Waals surface area contributed by atoms with Crippen molar-refractivity contribution in [3.05, 3.63) is 90.7 Å². The fraction of sp³-hybridized carbons (Fsp3) is 0.0833. The molecular formula is C24H22FN7O. The number of hydrogen-bond donors (Lipinski definition) is 4. The quantitative estimate of drug-likeness (QED) is 0.306. The molecule has 0 radical (unpaired) electrons. The summed E-state index contributed by atoms with van der Waals surface area (Å²) >= 11 is 0. The molecule has 1 atom stereocenters. The first kappa shape index (κ1) is 21.7. The zero-order chi connectivity index (χ0) is 23.0. The molecule has 0 fully saturated rings. The van der Waals surface area contributed by atoms with Crippen LogP contribution in [-0.4, -0.2) is 26.9 Å². The molecule has 1 unspecified atom stereocenters. The fourth-order valence-corrected chi connectivity index (χ4v) is 2.90. The SMILES string of the molecule is CC(Nc1nc(Nc2ccccc2)nc(Nc2ccccc2)n1)C(=O)Nc1ccc(F)cc1. The van der Waals surface area contributed by atoms with Gasteiger partial charge in [-0.2, -0.15) is 15.0 Å². The van der Waals surface area contributed by atoms with Crippen LogP contribution in [0.1, 0.15) is 6.92 Å². The van der Waals surface area contributed by atoms with Gasteiger partial charge in [-0.15, -0.1) is 0 Å². The Balaban J connectivity index is 1.53. The Morgan fingerprint density at radius 3 is 1.70 bits per heavy atom. The van der Waals surface area contributed by atoms with Crippen molar-refractivity contribution in [3.8, 4) is 0 Å². The van der Waals surface area contributed by atoms with Crippen molar-refractivity contribution >= 4 is 40.8 Å². The molecule has 8 nitrogen and oxygen atoms in total. The molecule has 0 aliphatic carbocycles. The van der Waals surface area contributed by atoms with Crippen LogP contribution in [0.25, 0.3) is 0 Å². The van der Waals surface area contributed by atoms with Gasteiger partial charge in [0.2, 0.25) is 23.8 Å². The molecule has 0 spiro atoms. The highest BCUT2D eigenvalue weighted by atomic mass is 19.1. The number of anilines is 6. The average Bonchev–Trinajstić information content (AvgIpc) is 2.82. The molecule has 33 heavy (non-hydrogen) atoms. The molecule has 0 saturated carbocycles. The van der Waals surface area contributed by atoms with E-state index in [0.29, 0.717) is 17.6 Å². The predicted molar refractivity (Wildman–Crippen MR) is 127 cm³/mol. The van der Waals surface area contributed by atoms with Crippen LogP contribution in [0.2, 0.25) is 0 Å². The van der Waals surface area contributed by atoms with E-state index in [1.54, 1.807) is 6.92 Å². The van der Waals surface area contributed by atoms with Crippen LogP contribution in [0.15, 0.2) is 84.9 Å². The Kier molecular flexibility index (Phi) is 6.70. The van der Waals surface area contributed by atoms with E-state index in [-0.39, 0.29) is 17.7 Å². The van der Waals surface area contributed by atoms with Crippen molar-refractivity contribution in [2.45, 2.75) is 13.0 Å². The van der Waals surface area contributed by atoms with E-state index in [9.17, 15) is 9.18 Å². The van der Waals surface area contributed by atoms with Gasteiger partial charge >= 0.3 is 0 Å². The Bertz CT molecular complexity index is 1140. The van der Waals surface area contributed by atoms with Crippen LogP contribution in [0.4, 0.5) is 39.3 Å². The lowest BCUT2D eigenvalue weighted by molar-refractivity contribution is -0.116. The Hall–Kier alpha value is -4.53. The van der Waals surface area contributed by atoms with E-state index in [4.69, 9.17) is 0 Å². The first-order chi connectivity index (χ1) is 16.0. The number of hydrogen-bond acceptors (Lipinski definition) is 7. The monoisotopic (exact) mass is 443 g/mol. The first-order valence-corrected chi connectivity index (χ1v) is 10.3. The number of carbonyl (C=O) groups excluding carboxylic acids is 1. The minimum atomic E-state index is -0.674. The van der Waals surface area contributed by atoms with Crippen LogP contribution in [0.5, 0.6) is 0 Å². The maximum atomic E-state index is 13.1. The number of amides is 1. The number of halogens is 1. The maximum Gasteiger partial charge on any atom is 0.246 e. The highest BCUT2D eigenvalue weighted by molar-refractivity contribution is 5.96. The van der Waals surface area contributed by atoms with E-state index >= 15 is 0 Å². The van der Waals surface area contributed by atoms with Crippen molar-refractivity contribution in [1.29, 1.82) is 0 Å². The molecule has 4 rings (SSSR count). The molecule has 0 aliphatic rings. The van der Waals surface area contributed by atoms with Crippen LogP contribution >= 0.6 is 0 Å². The summed E-state index contributed by atoms with van der Waals surface area (Å²) < 4.78 is 13.1. The van der Waals surface area contributed by atoms with Gasteiger partial charge in [-0.3, -0.25) is 4.79 Å². The molecule has 166 valence electrons. The van der Waals surface area contributed by atoms with E-state index in [1.165, 1.54) is 24.3 Å². The maximum absolute atomic E-state index is 13.1. The third-order valence-electron chi connectivity index (χ3n) is 4.55. The number of nitrogens with one attached hydrogen (secondary N) is 4. The lowest BCUT2D eigenvalue weighted by Gasteiger charge is -2.16. The molecule has 0 bridgehead atoms. The summed E-state index contributed by atoms with van der Waals surface area (Å²) in [4.78, 5) is 25.8. The van der Waals surface area contributed by atoms with Crippen LogP contribution in [0, 0.1) is 5.82 Å². The van der Waals surface area contributed by atoms with Crippen molar-refractivity contribution in [3.63, 3.8) is 0 Å². The normalized spacial score (nSPS) is 11.3. The molecule has 4 aromatic rings. The Labute approximate surface area is 190 Å². The molecular weight excluding hydrogens is 421 g/mol. The molecule has 3 aromatic carbocycles.